The van der Waals surface area contributed by atoms with E-state index < -0.39 is 0 Å². The number of nitrogen functional groups attached to an aromatic ring is 1. The zero-order valence-electron chi connectivity index (χ0n) is 6.82. The first kappa shape index (κ1) is 8.94. The largest absolute Gasteiger partial charge is 0.336 e. The van der Waals surface area contributed by atoms with Crippen molar-refractivity contribution in [3.05, 3.63) is 5.82 Å². The lowest BCUT2D eigenvalue weighted by Gasteiger charge is -1.97. The third-order valence-corrected chi connectivity index (χ3v) is 2.26. The van der Waals surface area contributed by atoms with Crippen LogP contribution in [0.1, 0.15) is 12.2 Å². The topological polar surface area (TPSA) is 56.7 Å². The summed E-state index contributed by atoms with van der Waals surface area (Å²) in [5, 5.41) is 8.39. The number of hydrogen-bond donors (Lipinski definition) is 1. The lowest BCUT2D eigenvalue weighted by molar-refractivity contribution is 0.825. The molecule has 0 aliphatic rings. The average Bonchev–Trinajstić information content (AvgIpc) is 2.36. The predicted octanol–water partition coefficient (Wildman–Crippen LogP) is 0.416. The van der Waals surface area contributed by atoms with E-state index in [-0.39, 0.29) is 0 Å². The molecule has 5 heteroatoms. The highest BCUT2D eigenvalue weighted by Gasteiger charge is 2.04. The van der Waals surface area contributed by atoms with Gasteiger partial charge >= 0.3 is 0 Å². The highest BCUT2D eigenvalue weighted by Crippen LogP contribution is 2.14. The summed E-state index contributed by atoms with van der Waals surface area (Å²) in [6.45, 7) is 1.80. The van der Waals surface area contributed by atoms with Gasteiger partial charge in [0, 0.05) is 12.2 Å². The highest BCUT2D eigenvalue weighted by molar-refractivity contribution is 7.99. The van der Waals surface area contributed by atoms with Crippen molar-refractivity contribution >= 4 is 11.8 Å². The van der Waals surface area contributed by atoms with Crippen molar-refractivity contribution in [2.75, 3.05) is 11.6 Å². The summed E-state index contributed by atoms with van der Waals surface area (Å²) >= 11 is 1.51. The summed E-state index contributed by atoms with van der Waals surface area (Å²) in [5.74, 6) is 9.68. The second kappa shape index (κ2) is 4.02. The van der Waals surface area contributed by atoms with E-state index in [1.54, 1.807) is 6.92 Å². The maximum Gasteiger partial charge on any atom is 0.209 e. The standard InChI is InChI=1S/C7H10N4S/c1-3-4-5-12-7-10-9-6(2)11(7)8/h1H,4-5,8H2,2H3. The molecule has 0 aromatic carbocycles. The summed E-state index contributed by atoms with van der Waals surface area (Å²) in [6.07, 6.45) is 5.82. The van der Waals surface area contributed by atoms with Gasteiger partial charge in [0.1, 0.15) is 5.82 Å². The summed E-state index contributed by atoms with van der Waals surface area (Å²) < 4.78 is 1.46. The first-order chi connectivity index (χ1) is 5.75. The van der Waals surface area contributed by atoms with Gasteiger partial charge in [0.2, 0.25) is 5.16 Å². The van der Waals surface area contributed by atoms with Gasteiger partial charge in [0.15, 0.2) is 0 Å². The van der Waals surface area contributed by atoms with Gasteiger partial charge in [-0.2, -0.15) is 0 Å². The van der Waals surface area contributed by atoms with E-state index in [4.69, 9.17) is 12.3 Å². The van der Waals surface area contributed by atoms with Crippen LogP contribution in [0.3, 0.4) is 0 Å². The number of nitrogens with zero attached hydrogens (tertiary/aromatic N) is 3. The number of aryl methyl sites for hydroxylation is 1. The molecule has 1 heterocycles. The van der Waals surface area contributed by atoms with E-state index in [1.165, 1.54) is 16.4 Å². The monoisotopic (exact) mass is 182 g/mol. The van der Waals surface area contributed by atoms with Crippen molar-refractivity contribution < 1.29 is 0 Å². The molecule has 2 N–H and O–H groups in total. The van der Waals surface area contributed by atoms with E-state index in [2.05, 4.69) is 16.1 Å². The molecule has 4 nitrogen and oxygen atoms in total. The fourth-order valence-corrected chi connectivity index (χ4v) is 1.42. The quantitative estimate of drug-likeness (QED) is 0.318. The molecule has 0 saturated carbocycles. The first-order valence-corrected chi connectivity index (χ1v) is 4.47. The Balaban J connectivity index is 2.53. The number of thioether (sulfide) groups is 1. The second-order valence-corrected chi connectivity index (χ2v) is 3.26. The van der Waals surface area contributed by atoms with Crippen LogP contribution in [0.2, 0.25) is 0 Å². The van der Waals surface area contributed by atoms with Crippen LogP contribution in [0.25, 0.3) is 0 Å². The summed E-state index contributed by atoms with van der Waals surface area (Å²) in [4.78, 5) is 0. The Morgan fingerprint density at radius 2 is 2.42 bits per heavy atom. The Morgan fingerprint density at radius 1 is 1.67 bits per heavy atom. The minimum Gasteiger partial charge on any atom is -0.336 e. The maximum atomic E-state index is 5.60. The van der Waals surface area contributed by atoms with E-state index in [0.29, 0.717) is 11.0 Å². The normalized spacial score (nSPS) is 9.67. The molecule has 0 bridgehead atoms. The van der Waals surface area contributed by atoms with Crippen molar-refractivity contribution in [1.29, 1.82) is 0 Å². The molecule has 0 amide bonds. The molecule has 1 aromatic rings. The van der Waals surface area contributed by atoms with E-state index in [1.807, 2.05) is 0 Å². The zero-order chi connectivity index (χ0) is 8.97. The molecule has 1 aromatic heterocycles. The van der Waals surface area contributed by atoms with Crippen LogP contribution in [0.5, 0.6) is 0 Å². The fraction of sp³-hybridized carbons (Fsp3) is 0.429. The van der Waals surface area contributed by atoms with Crippen molar-refractivity contribution in [2.24, 2.45) is 0 Å². The Labute approximate surface area is 75.5 Å². The van der Waals surface area contributed by atoms with Gasteiger partial charge in [-0.1, -0.05) is 11.8 Å². The van der Waals surface area contributed by atoms with Gasteiger partial charge in [-0.05, 0) is 6.92 Å². The van der Waals surface area contributed by atoms with Crippen molar-refractivity contribution in [3.63, 3.8) is 0 Å². The fourth-order valence-electron chi connectivity index (χ4n) is 0.650. The van der Waals surface area contributed by atoms with Crippen molar-refractivity contribution in [3.8, 4) is 12.3 Å². The van der Waals surface area contributed by atoms with Crippen LogP contribution in [0.4, 0.5) is 0 Å². The minimum absolute atomic E-state index is 0.707. The molecular formula is C7H10N4S. The van der Waals surface area contributed by atoms with Crippen LogP contribution < -0.4 is 5.84 Å². The first-order valence-electron chi connectivity index (χ1n) is 3.49. The molecule has 0 aliphatic heterocycles. The summed E-state index contributed by atoms with van der Waals surface area (Å²) in [6, 6.07) is 0. The lowest BCUT2D eigenvalue weighted by atomic mass is 10.5. The van der Waals surface area contributed by atoms with Gasteiger partial charge < -0.3 is 5.84 Å². The molecule has 0 saturated heterocycles. The van der Waals surface area contributed by atoms with Gasteiger partial charge in [-0.15, -0.1) is 22.5 Å². The Kier molecular flexibility index (Phi) is 3.00. The highest BCUT2D eigenvalue weighted by atomic mass is 32.2. The molecular weight excluding hydrogens is 172 g/mol. The molecule has 0 aliphatic carbocycles. The van der Waals surface area contributed by atoms with E-state index in [9.17, 15) is 0 Å². The Hall–Kier alpha value is -1.15. The maximum absolute atomic E-state index is 5.60. The number of terminal acetylenes is 1. The van der Waals surface area contributed by atoms with Crippen LogP contribution in [0.15, 0.2) is 5.16 Å². The van der Waals surface area contributed by atoms with Crippen LogP contribution in [0, 0.1) is 19.3 Å². The zero-order valence-corrected chi connectivity index (χ0v) is 7.64. The molecule has 0 spiro atoms. The Bertz CT molecular complexity index is 299. The molecule has 0 unspecified atom stereocenters. The van der Waals surface area contributed by atoms with Gasteiger partial charge in [0.05, 0.1) is 0 Å². The van der Waals surface area contributed by atoms with Crippen molar-refractivity contribution in [1.82, 2.24) is 14.9 Å². The summed E-state index contributed by atoms with van der Waals surface area (Å²) in [7, 11) is 0. The lowest BCUT2D eigenvalue weighted by Crippen LogP contribution is -2.11. The van der Waals surface area contributed by atoms with Crippen LogP contribution in [-0.4, -0.2) is 20.6 Å². The van der Waals surface area contributed by atoms with Crippen molar-refractivity contribution in [2.45, 2.75) is 18.5 Å². The van der Waals surface area contributed by atoms with Crippen LogP contribution >= 0.6 is 11.8 Å². The molecule has 0 atom stereocenters. The number of rotatable bonds is 3. The number of nitrogens with two attached hydrogens (primary N) is 1. The smallest absolute Gasteiger partial charge is 0.209 e. The number of hydrogen-bond acceptors (Lipinski definition) is 4. The number of aromatic nitrogens is 3. The minimum atomic E-state index is 0.707. The Morgan fingerprint density at radius 3 is 2.92 bits per heavy atom. The van der Waals surface area contributed by atoms with E-state index >= 15 is 0 Å². The van der Waals surface area contributed by atoms with Gasteiger partial charge in [0.25, 0.3) is 0 Å². The molecule has 64 valence electrons. The molecule has 1 rings (SSSR count). The third-order valence-electron chi connectivity index (χ3n) is 1.31. The summed E-state index contributed by atoms with van der Waals surface area (Å²) in [5.41, 5.74) is 0. The molecule has 0 radical (unpaired) electrons. The predicted molar refractivity (Wildman–Crippen MR) is 49.1 cm³/mol. The van der Waals surface area contributed by atoms with Crippen LogP contribution in [-0.2, 0) is 0 Å². The second-order valence-electron chi connectivity index (χ2n) is 2.20. The third kappa shape index (κ3) is 1.92. The molecule has 0 fully saturated rings. The SMILES string of the molecule is C#CCCSc1nnc(C)n1N. The average molecular weight is 182 g/mol. The van der Waals surface area contributed by atoms with E-state index in [0.717, 1.165) is 12.2 Å². The van der Waals surface area contributed by atoms with Gasteiger partial charge in [-0.25, -0.2) is 4.68 Å². The van der Waals surface area contributed by atoms with Gasteiger partial charge in [-0.3, -0.25) is 0 Å². The molecule has 12 heavy (non-hydrogen) atoms.